The number of hydrogen-bond donors (Lipinski definition) is 0. The molecule has 0 saturated heterocycles. The lowest BCUT2D eigenvalue weighted by molar-refractivity contribution is -0.118. The predicted molar refractivity (Wildman–Crippen MR) is 91.0 cm³/mol. The number of nitrogens with zero attached hydrogens (tertiary/aromatic N) is 3. The van der Waals surface area contributed by atoms with E-state index in [-0.39, 0.29) is 5.91 Å². The van der Waals surface area contributed by atoms with Crippen LogP contribution in [0, 0.1) is 0 Å². The molecule has 23 heavy (non-hydrogen) atoms. The van der Waals surface area contributed by atoms with Gasteiger partial charge in [0.25, 0.3) is 0 Å². The van der Waals surface area contributed by atoms with Crippen LogP contribution in [0.1, 0.15) is 19.8 Å². The summed E-state index contributed by atoms with van der Waals surface area (Å²) in [6.45, 7) is 2.93. The minimum Gasteiger partial charge on any atom is -0.497 e. The van der Waals surface area contributed by atoms with Gasteiger partial charge in [-0.15, -0.1) is 10.2 Å². The van der Waals surface area contributed by atoms with Gasteiger partial charge in [-0.2, -0.15) is 0 Å². The molecule has 0 aliphatic rings. The van der Waals surface area contributed by atoms with Gasteiger partial charge in [-0.05, 0) is 30.7 Å². The zero-order chi connectivity index (χ0) is 16.7. The van der Waals surface area contributed by atoms with Gasteiger partial charge in [0, 0.05) is 19.1 Å². The van der Waals surface area contributed by atoms with Crippen molar-refractivity contribution < 1.29 is 14.3 Å². The molecule has 0 atom stereocenters. The number of methoxy groups -OCH3 is 2. The molecule has 0 N–H and O–H groups in total. The summed E-state index contributed by atoms with van der Waals surface area (Å²) in [6, 6.07) is 7.61. The molecule has 0 saturated carbocycles. The highest BCUT2D eigenvalue weighted by molar-refractivity contribution is 7.18. The SMILES string of the molecule is CCCC(=O)N(CCOC)c1nnc(-c2ccc(OC)cc2)s1. The molecule has 0 aliphatic carbocycles. The first kappa shape index (κ1) is 17.4. The summed E-state index contributed by atoms with van der Waals surface area (Å²) in [7, 11) is 3.25. The van der Waals surface area contributed by atoms with E-state index in [9.17, 15) is 4.79 Å². The van der Waals surface area contributed by atoms with E-state index in [1.807, 2.05) is 31.2 Å². The van der Waals surface area contributed by atoms with Gasteiger partial charge < -0.3 is 9.47 Å². The van der Waals surface area contributed by atoms with Crippen molar-refractivity contribution in [3.8, 4) is 16.3 Å². The maximum absolute atomic E-state index is 12.3. The lowest BCUT2D eigenvalue weighted by Gasteiger charge is -2.18. The van der Waals surface area contributed by atoms with Crippen LogP contribution in [0.25, 0.3) is 10.6 Å². The van der Waals surface area contributed by atoms with Crippen molar-refractivity contribution in [2.75, 3.05) is 32.3 Å². The fraction of sp³-hybridized carbons (Fsp3) is 0.438. The Morgan fingerprint density at radius 3 is 2.57 bits per heavy atom. The van der Waals surface area contributed by atoms with Crippen LogP contribution in [0.15, 0.2) is 24.3 Å². The zero-order valence-corrected chi connectivity index (χ0v) is 14.4. The maximum atomic E-state index is 12.3. The van der Waals surface area contributed by atoms with Gasteiger partial charge >= 0.3 is 0 Å². The van der Waals surface area contributed by atoms with E-state index >= 15 is 0 Å². The number of carbonyl (C=O) groups is 1. The molecule has 0 aliphatic heterocycles. The second-order valence-corrected chi connectivity index (χ2v) is 5.86. The molecule has 0 spiro atoms. The minimum atomic E-state index is 0.0435. The number of anilines is 1. The third-order valence-corrected chi connectivity index (χ3v) is 4.26. The molecule has 0 unspecified atom stereocenters. The molecule has 2 rings (SSSR count). The normalized spacial score (nSPS) is 10.6. The number of amides is 1. The van der Waals surface area contributed by atoms with Crippen LogP contribution in [-0.2, 0) is 9.53 Å². The Kier molecular flexibility index (Phi) is 6.49. The molecule has 124 valence electrons. The van der Waals surface area contributed by atoms with Crippen molar-refractivity contribution in [2.24, 2.45) is 0 Å². The Labute approximate surface area is 140 Å². The van der Waals surface area contributed by atoms with Crippen molar-refractivity contribution in [1.29, 1.82) is 0 Å². The van der Waals surface area contributed by atoms with Gasteiger partial charge in [-0.1, -0.05) is 18.3 Å². The van der Waals surface area contributed by atoms with E-state index in [2.05, 4.69) is 10.2 Å². The molecule has 2 aromatic rings. The van der Waals surface area contributed by atoms with E-state index in [1.165, 1.54) is 11.3 Å². The monoisotopic (exact) mass is 335 g/mol. The summed E-state index contributed by atoms with van der Waals surface area (Å²) in [4.78, 5) is 13.9. The maximum Gasteiger partial charge on any atom is 0.228 e. The highest BCUT2D eigenvalue weighted by Gasteiger charge is 2.19. The van der Waals surface area contributed by atoms with E-state index < -0.39 is 0 Å². The smallest absolute Gasteiger partial charge is 0.228 e. The number of hydrogen-bond acceptors (Lipinski definition) is 6. The predicted octanol–water partition coefficient (Wildman–Crippen LogP) is 2.99. The van der Waals surface area contributed by atoms with Crippen LogP contribution in [0.5, 0.6) is 5.75 Å². The Hall–Kier alpha value is -1.99. The average Bonchev–Trinajstić information content (AvgIpc) is 3.05. The van der Waals surface area contributed by atoms with Gasteiger partial charge in [0.2, 0.25) is 11.0 Å². The molecule has 0 bridgehead atoms. The van der Waals surface area contributed by atoms with Crippen molar-refractivity contribution in [2.45, 2.75) is 19.8 Å². The van der Waals surface area contributed by atoms with E-state index in [0.29, 0.717) is 24.7 Å². The van der Waals surface area contributed by atoms with Crippen LogP contribution in [-0.4, -0.2) is 43.5 Å². The summed E-state index contributed by atoms with van der Waals surface area (Å²) in [5.74, 6) is 0.834. The molecule has 1 aromatic heterocycles. The van der Waals surface area contributed by atoms with Crippen molar-refractivity contribution >= 4 is 22.4 Å². The van der Waals surface area contributed by atoms with Gasteiger partial charge in [0.05, 0.1) is 20.3 Å². The Bertz CT molecular complexity index is 628. The highest BCUT2D eigenvalue weighted by atomic mass is 32.1. The molecule has 1 amide bonds. The third-order valence-electron chi connectivity index (χ3n) is 3.27. The van der Waals surface area contributed by atoms with E-state index in [4.69, 9.17) is 9.47 Å². The van der Waals surface area contributed by atoms with Crippen molar-refractivity contribution in [1.82, 2.24) is 10.2 Å². The van der Waals surface area contributed by atoms with Gasteiger partial charge in [0.15, 0.2) is 0 Å². The molecular formula is C16H21N3O3S. The topological polar surface area (TPSA) is 64.6 Å². The van der Waals surface area contributed by atoms with Crippen LogP contribution in [0.3, 0.4) is 0 Å². The first-order chi connectivity index (χ1) is 11.2. The van der Waals surface area contributed by atoms with Crippen molar-refractivity contribution in [3.63, 3.8) is 0 Å². The van der Waals surface area contributed by atoms with Gasteiger partial charge in [0.1, 0.15) is 10.8 Å². The first-order valence-corrected chi connectivity index (χ1v) is 8.28. The molecular weight excluding hydrogens is 314 g/mol. The zero-order valence-electron chi connectivity index (χ0n) is 13.6. The fourth-order valence-electron chi connectivity index (χ4n) is 2.03. The van der Waals surface area contributed by atoms with Crippen LogP contribution < -0.4 is 9.64 Å². The summed E-state index contributed by atoms with van der Waals surface area (Å²) in [6.07, 6.45) is 1.29. The number of benzene rings is 1. The van der Waals surface area contributed by atoms with E-state index in [0.717, 1.165) is 22.7 Å². The molecule has 0 radical (unpaired) electrons. The lowest BCUT2D eigenvalue weighted by atomic mass is 10.2. The summed E-state index contributed by atoms with van der Waals surface area (Å²) >= 11 is 1.40. The quantitative estimate of drug-likeness (QED) is 0.742. The van der Waals surface area contributed by atoms with Crippen molar-refractivity contribution in [3.05, 3.63) is 24.3 Å². The Balaban J connectivity index is 2.20. The average molecular weight is 335 g/mol. The second kappa shape index (κ2) is 8.59. The summed E-state index contributed by atoms with van der Waals surface area (Å²) < 4.78 is 10.2. The molecule has 1 heterocycles. The highest BCUT2D eigenvalue weighted by Crippen LogP contribution is 2.30. The molecule has 1 aromatic carbocycles. The first-order valence-electron chi connectivity index (χ1n) is 7.46. The summed E-state index contributed by atoms with van der Waals surface area (Å²) in [5, 5.41) is 9.76. The van der Waals surface area contributed by atoms with Crippen LogP contribution in [0.2, 0.25) is 0 Å². The molecule has 7 heteroatoms. The molecule has 0 fully saturated rings. The number of ether oxygens (including phenoxy) is 2. The Morgan fingerprint density at radius 1 is 1.22 bits per heavy atom. The van der Waals surface area contributed by atoms with Crippen LogP contribution in [0.4, 0.5) is 5.13 Å². The number of carbonyl (C=O) groups excluding carboxylic acids is 1. The standard InChI is InChI=1S/C16H21N3O3S/c1-4-5-14(20)19(10-11-21-2)16-18-17-15(23-16)12-6-8-13(22-3)9-7-12/h6-9H,4-5,10-11H2,1-3H3. The fourth-order valence-corrected chi connectivity index (χ4v) is 2.93. The number of aromatic nitrogens is 2. The van der Waals surface area contributed by atoms with E-state index in [1.54, 1.807) is 19.1 Å². The van der Waals surface area contributed by atoms with Gasteiger partial charge in [-0.25, -0.2) is 0 Å². The van der Waals surface area contributed by atoms with Crippen LogP contribution >= 0.6 is 11.3 Å². The minimum absolute atomic E-state index is 0.0435. The lowest BCUT2D eigenvalue weighted by Crippen LogP contribution is -2.33. The van der Waals surface area contributed by atoms with Gasteiger partial charge in [-0.3, -0.25) is 9.69 Å². The molecule has 6 nitrogen and oxygen atoms in total. The second-order valence-electron chi connectivity index (χ2n) is 4.91. The summed E-state index contributed by atoms with van der Waals surface area (Å²) in [5.41, 5.74) is 0.948. The number of rotatable bonds is 8. The Morgan fingerprint density at radius 2 is 1.96 bits per heavy atom. The third kappa shape index (κ3) is 4.49. The largest absolute Gasteiger partial charge is 0.497 e.